The third kappa shape index (κ3) is 5.13. The molecule has 168 valence electrons. The van der Waals surface area contributed by atoms with E-state index in [-0.39, 0.29) is 46.9 Å². The van der Waals surface area contributed by atoms with Crippen LogP contribution in [-0.2, 0) is 26.8 Å². The highest BCUT2D eigenvalue weighted by Gasteiger charge is 2.24. The number of anilines is 1. The van der Waals surface area contributed by atoms with Gasteiger partial charge in [-0.05, 0) is 24.3 Å². The van der Waals surface area contributed by atoms with Crippen molar-refractivity contribution in [3.05, 3.63) is 72.1 Å². The van der Waals surface area contributed by atoms with Gasteiger partial charge in [0.25, 0.3) is 0 Å². The second-order valence-electron chi connectivity index (χ2n) is 7.50. The Morgan fingerprint density at radius 1 is 1.00 bits per heavy atom. The van der Waals surface area contributed by atoms with Gasteiger partial charge in [0.05, 0.1) is 10.6 Å². The Labute approximate surface area is 185 Å². The maximum Gasteiger partial charge on any atom is 0.227 e. The van der Waals surface area contributed by atoms with Crippen molar-refractivity contribution in [3.63, 3.8) is 0 Å². The molecule has 0 bridgehead atoms. The van der Waals surface area contributed by atoms with Crippen LogP contribution in [0.3, 0.4) is 0 Å². The van der Waals surface area contributed by atoms with E-state index < -0.39 is 9.84 Å². The van der Waals surface area contributed by atoms with Crippen LogP contribution >= 0.6 is 0 Å². The lowest BCUT2D eigenvalue weighted by Gasteiger charge is -2.36. The highest BCUT2D eigenvalue weighted by Crippen LogP contribution is 2.20. The molecule has 8 nitrogen and oxygen atoms in total. The average molecular weight is 459 g/mol. The summed E-state index contributed by atoms with van der Waals surface area (Å²) in [6, 6.07) is 14.7. The molecule has 1 fully saturated rings. The first-order valence-corrected chi connectivity index (χ1v) is 11.9. The number of amides is 1. The normalized spacial score (nSPS) is 14.5. The molecule has 0 unspecified atom stereocenters. The van der Waals surface area contributed by atoms with Crippen LogP contribution in [-0.4, -0.2) is 55.5 Å². The molecular weight excluding hydrogens is 435 g/mol. The van der Waals surface area contributed by atoms with E-state index in [9.17, 15) is 17.6 Å². The average Bonchev–Trinajstić information content (AvgIpc) is 3.25. The monoisotopic (exact) mass is 458 g/mol. The fourth-order valence-corrected chi connectivity index (χ4v) is 4.80. The minimum absolute atomic E-state index is 0.0603. The second kappa shape index (κ2) is 9.47. The van der Waals surface area contributed by atoms with Gasteiger partial charge in [-0.1, -0.05) is 35.5 Å². The van der Waals surface area contributed by atoms with Gasteiger partial charge in [-0.2, -0.15) is 4.98 Å². The smallest absolute Gasteiger partial charge is 0.227 e. The number of hydrogen-bond donors (Lipinski definition) is 0. The van der Waals surface area contributed by atoms with E-state index in [0.717, 1.165) is 0 Å². The first-order valence-electron chi connectivity index (χ1n) is 10.3. The quantitative estimate of drug-likeness (QED) is 0.537. The summed E-state index contributed by atoms with van der Waals surface area (Å²) in [5.41, 5.74) is 0.545. The molecule has 1 aromatic heterocycles. The highest BCUT2D eigenvalue weighted by atomic mass is 32.2. The van der Waals surface area contributed by atoms with Crippen LogP contribution in [0.1, 0.15) is 18.1 Å². The summed E-state index contributed by atoms with van der Waals surface area (Å²) in [6.45, 7) is 2.10. The summed E-state index contributed by atoms with van der Waals surface area (Å²) < 4.78 is 43.9. The molecule has 10 heteroatoms. The van der Waals surface area contributed by atoms with Crippen molar-refractivity contribution in [2.24, 2.45) is 0 Å². The van der Waals surface area contributed by atoms with Crippen LogP contribution in [0.4, 0.5) is 10.1 Å². The molecule has 0 saturated carbocycles. The van der Waals surface area contributed by atoms with E-state index in [1.54, 1.807) is 41.3 Å². The lowest BCUT2D eigenvalue weighted by atomic mass is 10.2. The summed E-state index contributed by atoms with van der Waals surface area (Å²) in [5.74, 6) is -0.410. The number of halogens is 1. The number of para-hydroxylation sites is 1. The van der Waals surface area contributed by atoms with E-state index in [2.05, 4.69) is 10.1 Å². The topological polar surface area (TPSA) is 96.6 Å². The molecule has 3 aromatic rings. The van der Waals surface area contributed by atoms with E-state index >= 15 is 0 Å². The summed E-state index contributed by atoms with van der Waals surface area (Å²) in [5, 5.41) is 3.74. The van der Waals surface area contributed by atoms with Gasteiger partial charge < -0.3 is 14.3 Å². The molecule has 1 aliphatic rings. The minimum atomic E-state index is -3.57. The standard InChI is InChI=1S/C22H23FN4O4S/c23-18-8-4-5-9-19(18)26-12-14-27(15-13-26)22(28)11-10-21-24-20(25-31-21)16-32(29,30)17-6-2-1-3-7-17/h1-9H,10-16H2. The molecule has 1 amide bonds. The minimum Gasteiger partial charge on any atom is -0.366 e. The Morgan fingerprint density at radius 2 is 1.69 bits per heavy atom. The number of carbonyl (C=O) groups excluding carboxylic acids is 1. The maximum atomic E-state index is 14.0. The zero-order valence-electron chi connectivity index (χ0n) is 17.4. The van der Waals surface area contributed by atoms with Crippen LogP contribution in [0.5, 0.6) is 0 Å². The molecule has 32 heavy (non-hydrogen) atoms. The predicted octanol–water partition coefficient (Wildman–Crippen LogP) is 2.46. The van der Waals surface area contributed by atoms with Gasteiger partial charge in [0.1, 0.15) is 11.6 Å². The van der Waals surface area contributed by atoms with E-state index in [1.807, 2.05) is 4.90 Å². The van der Waals surface area contributed by atoms with Crippen LogP contribution in [0.2, 0.25) is 0 Å². The Morgan fingerprint density at radius 3 is 2.41 bits per heavy atom. The first-order chi connectivity index (χ1) is 15.4. The van der Waals surface area contributed by atoms with Crippen molar-refractivity contribution in [1.29, 1.82) is 0 Å². The third-order valence-electron chi connectivity index (χ3n) is 5.31. The Hall–Kier alpha value is -3.27. The van der Waals surface area contributed by atoms with Crippen molar-refractivity contribution in [3.8, 4) is 0 Å². The molecule has 1 aliphatic heterocycles. The fourth-order valence-electron chi connectivity index (χ4n) is 3.61. The molecule has 0 spiro atoms. The molecule has 0 N–H and O–H groups in total. The number of hydrogen-bond acceptors (Lipinski definition) is 7. The van der Waals surface area contributed by atoms with Crippen molar-refractivity contribution in [1.82, 2.24) is 15.0 Å². The van der Waals surface area contributed by atoms with Crippen molar-refractivity contribution in [2.75, 3.05) is 31.1 Å². The zero-order chi connectivity index (χ0) is 22.6. The summed E-state index contributed by atoms with van der Waals surface area (Å²) >= 11 is 0. The van der Waals surface area contributed by atoms with Gasteiger partial charge in [0.15, 0.2) is 15.7 Å². The molecule has 0 atom stereocenters. The van der Waals surface area contributed by atoms with Crippen LogP contribution in [0, 0.1) is 5.82 Å². The number of nitrogens with zero attached hydrogens (tertiary/aromatic N) is 4. The number of rotatable bonds is 7. The first kappa shape index (κ1) is 21.9. The van der Waals surface area contributed by atoms with Crippen molar-refractivity contribution >= 4 is 21.4 Å². The van der Waals surface area contributed by atoms with E-state index in [0.29, 0.717) is 31.9 Å². The summed E-state index contributed by atoms with van der Waals surface area (Å²) in [6.07, 6.45) is 0.400. The SMILES string of the molecule is O=C(CCc1nc(CS(=O)(=O)c2ccccc2)no1)N1CCN(c2ccccc2F)CC1. The number of aromatic nitrogens is 2. The molecular formula is C22H23FN4O4S. The fraction of sp³-hybridized carbons (Fsp3) is 0.318. The van der Waals surface area contributed by atoms with Crippen molar-refractivity contribution in [2.45, 2.75) is 23.5 Å². The number of benzene rings is 2. The number of sulfone groups is 1. The lowest BCUT2D eigenvalue weighted by Crippen LogP contribution is -2.49. The van der Waals surface area contributed by atoms with Gasteiger partial charge in [-0.15, -0.1) is 0 Å². The van der Waals surface area contributed by atoms with Crippen LogP contribution < -0.4 is 4.90 Å². The Bertz CT molecular complexity index is 1180. The Balaban J connectivity index is 1.27. The van der Waals surface area contributed by atoms with Gasteiger partial charge in [-0.3, -0.25) is 4.79 Å². The molecule has 2 aromatic carbocycles. The molecule has 2 heterocycles. The van der Waals surface area contributed by atoms with Gasteiger partial charge in [0, 0.05) is 39.0 Å². The van der Waals surface area contributed by atoms with Crippen LogP contribution in [0.15, 0.2) is 64.0 Å². The largest absolute Gasteiger partial charge is 0.366 e. The van der Waals surface area contributed by atoms with E-state index in [4.69, 9.17) is 4.52 Å². The molecule has 4 rings (SSSR count). The third-order valence-corrected chi connectivity index (χ3v) is 6.94. The van der Waals surface area contributed by atoms with Crippen molar-refractivity contribution < 1.29 is 22.1 Å². The second-order valence-corrected chi connectivity index (χ2v) is 9.49. The van der Waals surface area contributed by atoms with Gasteiger partial charge in [-0.25, -0.2) is 12.8 Å². The number of carbonyl (C=O) groups is 1. The van der Waals surface area contributed by atoms with Gasteiger partial charge in [0.2, 0.25) is 11.8 Å². The summed E-state index contributed by atoms with van der Waals surface area (Å²) in [7, 11) is -3.57. The van der Waals surface area contributed by atoms with Crippen LogP contribution in [0.25, 0.3) is 0 Å². The lowest BCUT2D eigenvalue weighted by molar-refractivity contribution is -0.131. The summed E-state index contributed by atoms with van der Waals surface area (Å²) in [4.78, 5) is 20.5. The van der Waals surface area contributed by atoms with Gasteiger partial charge >= 0.3 is 0 Å². The zero-order valence-corrected chi connectivity index (χ0v) is 18.2. The maximum absolute atomic E-state index is 14.0. The number of aryl methyl sites for hydroxylation is 1. The molecule has 0 aliphatic carbocycles. The molecule has 1 saturated heterocycles. The predicted molar refractivity (Wildman–Crippen MR) is 115 cm³/mol. The van der Waals surface area contributed by atoms with E-state index in [1.165, 1.54) is 18.2 Å². The Kier molecular flexibility index (Phi) is 6.50. The number of piperazine rings is 1. The molecule has 0 radical (unpaired) electrons. The highest BCUT2D eigenvalue weighted by molar-refractivity contribution is 7.90.